The Labute approximate surface area is 128 Å². The van der Waals surface area contributed by atoms with Crippen molar-refractivity contribution in [2.24, 2.45) is 5.92 Å². The van der Waals surface area contributed by atoms with Gasteiger partial charge in [0, 0.05) is 12.3 Å². The summed E-state index contributed by atoms with van der Waals surface area (Å²) in [5.41, 5.74) is 4.14. The van der Waals surface area contributed by atoms with Crippen molar-refractivity contribution in [2.45, 2.75) is 45.3 Å². The number of carbonyl (C=O) groups is 1. The van der Waals surface area contributed by atoms with Crippen LogP contribution in [0.4, 0.5) is 0 Å². The first-order chi connectivity index (χ1) is 9.88. The quantitative estimate of drug-likeness (QED) is 0.711. The molecule has 3 rings (SSSR count). The number of allylic oxidation sites excluding steroid dienone is 4. The van der Waals surface area contributed by atoms with Crippen LogP contribution in [0.3, 0.4) is 0 Å². The van der Waals surface area contributed by atoms with Crippen molar-refractivity contribution in [2.75, 3.05) is 0 Å². The smallest absolute Gasteiger partial charge is 0.155 e. The Balaban J connectivity index is 2.03. The zero-order chi connectivity index (χ0) is 15.2. The summed E-state index contributed by atoms with van der Waals surface area (Å²) in [5, 5.41) is 1.22. The van der Waals surface area contributed by atoms with E-state index in [0.29, 0.717) is 17.6 Å². The van der Waals surface area contributed by atoms with Gasteiger partial charge >= 0.3 is 0 Å². The fourth-order valence-electron chi connectivity index (χ4n) is 4.02. The van der Waals surface area contributed by atoms with E-state index in [-0.39, 0.29) is 0 Å². The number of fused-ring (bicyclic) bond motifs is 1. The number of rotatable bonds is 2. The Hall–Kier alpha value is -1.41. The SMILES string of the molecule is CC1=C[C@@H](c2ccccc2)C[C@@H]2CC(=O)C([Si](C)(C)C)=C12. The van der Waals surface area contributed by atoms with Gasteiger partial charge < -0.3 is 0 Å². The number of hydrogen-bond donors (Lipinski definition) is 0. The zero-order valence-electron chi connectivity index (χ0n) is 13.4. The van der Waals surface area contributed by atoms with Crippen LogP contribution in [0, 0.1) is 5.92 Å². The average molecular weight is 296 g/mol. The maximum Gasteiger partial charge on any atom is 0.155 e. The molecular weight excluding hydrogens is 272 g/mol. The monoisotopic (exact) mass is 296 g/mol. The summed E-state index contributed by atoms with van der Waals surface area (Å²) in [7, 11) is -1.55. The van der Waals surface area contributed by atoms with Gasteiger partial charge in [0.1, 0.15) is 0 Å². The first-order valence-corrected chi connectivity index (χ1v) is 11.4. The lowest BCUT2D eigenvalue weighted by Crippen LogP contribution is -2.28. The van der Waals surface area contributed by atoms with Crippen LogP contribution in [0.2, 0.25) is 19.6 Å². The van der Waals surface area contributed by atoms with Crippen molar-refractivity contribution < 1.29 is 4.79 Å². The summed E-state index contributed by atoms with van der Waals surface area (Å²) < 4.78 is 0. The van der Waals surface area contributed by atoms with E-state index in [1.165, 1.54) is 21.9 Å². The zero-order valence-corrected chi connectivity index (χ0v) is 14.4. The van der Waals surface area contributed by atoms with Crippen molar-refractivity contribution in [3.63, 3.8) is 0 Å². The van der Waals surface area contributed by atoms with Crippen LogP contribution in [-0.2, 0) is 4.79 Å². The second kappa shape index (κ2) is 5.10. The normalized spacial score (nSPS) is 25.9. The fourth-order valence-corrected chi connectivity index (χ4v) is 6.17. The van der Waals surface area contributed by atoms with Gasteiger partial charge in [-0.3, -0.25) is 4.79 Å². The van der Waals surface area contributed by atoms with E-state index < -0.39 is 8.07 Å². The number of benzene rings is 1. The van der Waals surface area contributed by atoms with Crippen molar-refractivity contribution in [3.8, 4) is 0 Å². The van der Waals surface area contributed by atoms with Gasteiger partial charge in [-0.25, -0.2) is 0 Å². The molecule has 110 valence electrons. The van der Waals surface area contributed by atoms with Crippen LogP contribution in [0.15, 0.2) is 52.8 Å². The molecule has 0 amide bonds. The van der Waals surface area contributed by atoms with E-state index in [4.69, 9.17) is 0 Å². The maximum absolute atomic E-state index is 12.5. The highest BCUT2D eigenvalue weighted by molar-refractivity contribution is 6.87. The topological polar surface area (TPSA) is 17.1 Å². The van der Waals surface area contributed by atoms with E-state index in [1.54, 1.807) is 0 Å². The number of Topliss-reactive ketones (excluding diaryl/α,β-unsaturated/α-hetero) is 1. The summed E-state index contributed by atoms with van der Waals surface area (Å²) in [6.07, 6.45) is 4.22. The summed E-state index contributed by atoms with van der Waals surface area (Å²) in [5.74, 6) is 1.35. The molecule has 0 heterocycles. The third-order valence-corrected chi connectivity index (χ3v) is 6.83. The summed E-state index contributed by atoms with van der Waals surface area (Å²) in [6.45, 7) is 9.10. The molecule has 0 spiro atoms. The molecule has 0 saturated carbocycles. The van der Waals surface area contributed by atoms with Gasteiger partial charge in [-0.2, -0.15) is 0 Å². The molecule has 0 fully saturated rings. The molecule has 0 N–H and O–H groups in total. The van der Waals surface area contributed by atoms with Crippen LogP contribution < -0.4 is 0 Å². The van der Waals surface area contributed by atoms with Crippen molar-refractivity contribution in [3.05, 3.63) is 58.3 Å². The van der Waals surface area contributed by atoms with Gasteiger partial charge in [0.25, 0.3) is 0 Å². The molecule has 2 aliphatic rings. The van der Waals surface area contributed by atoms with Crippen LogP contribution in [0.1, 0.15) is 31.2 Å². The minimum atomic E-state index is -1.55. The third-order valence-electron chi connectivity index (χ3n) is 4.78. The van der Waals surface area contributed by atoms with Crippen LogP contribution in [0.5, 0.6) is 0 Å². The summed E-state index contributed by atoms with van der Waals surface area (Å²) in [4.78, 5) is 12.5. The molecule has 0 radical (unpaired) electrons. The standard InChI is InChI=1S/C19H24OSi/c1-13-10-15(14-8-6-5-7-9-14)11-16-12-17(20)19(18(13)16)21(2,3)4/h5-10,15-16H,11-12H2,1-4H3/t15-,16-/m1/s1. The highest BCUT2D eigenvalue weighted by Gasteiger charge is 2.41. The van der Waals surface area contributed by atoms with Gasteiger partial charge in [0.15, 0.2) is 5.78 Å². The fraction of sp³-hybridized carbons (Fsp3) is 0.421. The predicted octanol–water partition coefficient (Wildman–Crippen LogP) is 4.88. The Morgan fingerprint density at radius 3 is 2.38 bits per heavy atom. The summed E-state index contributed by atoms with van der Waals surface area (Å²) >= 11 is 0. The number of carbonyl (C=O) groups excluding carboxylic acids is 1. The largest absolute Gasteiger partial charge is 0.295 e. The lowest BCUT2D eigenvalue weighted by molar-refractivity contribution is -0.114. The van der Waals surface area contributed by atoms with Gasteiger partial charge in [-0.05, 0) is 35.6 Å². The Kier molecular flexibility index (Phi) is 3.52. The van der Waals surface area contributed by atoms with E-state index in [1.807, 2.05) is 0 Å². The molecule has 21 heavy (non-hydrogen) atoms. The van der Waals surface area contributed by atoms with E-state index >= 15 is 0 Å². The van der Waals surface area contributed by atoms with E-state index in [9.17, 15) is 4.79 Å². The molecule has 2 aliphatic carbocycles. The molecule has 1 aromatic rings. The lowest BCUT2D eigenvalue weighted by atomic mass is 9.77. The molecule has 0 unspecified atom stereocenters. The average Bonchev–Trinajstić information content (AvgIpc) is 2.76. The Morgan fingerprint density at radius 1 is 1.10 bits per heavy atom. The number of ketones is 1. The van der Waals surface area contributed by atoms with Crippen molar-refractivity contribution >= 4 is 13.9 Å². The minimum absolute atomic E-state index is 0.427. The predicted molar refractivity (Wildman–Crippen MR) is 91.0 cm³/mol. The lowest BCUT2D eigenvalue weighted by Gasteiger charge is -2.29. The van der Waals surface area contributed by atoms with Gasteiger partial charge in [0.05, 0.1) is 8.07 Å². The Morgan fingerprint density at radius 2 is 1.76 bits per heavy atom. The highest BCUT2D eigenvalue weighted by Crippen LogP contribution is 2.47. The maximum atomic E-state index is 12.5. The number of hydrogen-bond acceptors (Lipinski definition) is 1. The van der Waals surface area contributed by atoms with Crippen LogP contribution in [-0.4, -0.2) is 13.9 Å². The van der Waals surface area contributed by atoms with Gasteiger partial charge in [-0.1, -0.05) is 61.6 Å². The molecule has 0 aliphatic heterocycles. The first kappa shape index (κ1) is 14.5. The molecular formula is C19H24OSi. The van der Waals surface area contributed by atoms with Crippen molar-refractivity contribution in [1.82, 2.24) is 0 Å². The minimum Gasteiger partial charge on any atom is -0.295 e. The van der Waals surface area contributed by atoms with Gasteiger partial charge in [-0.15, -0.1) is 0 Å². The highest BCUT2D eigenvalue weighted by atomic mass is 28.3. The second-order valence-electron chi connectivity index (χ2n) is 7.47. The molecule has 0 bridgehead atoms. The first-order valence-electron chi connectivity index (χ1n) is 7.89. The Bertz CT molecular complexity index is 631. The molecule has 2 heteroatoms. The van der Waals surface area contributed by atoms with Gasteiger partial charge in [0.2, 0.25) is 0 Å². The molecule has 1 nitrogen and oxygen atoms in total. The molecule has 2 atom stereocenters. The molecule has 0 aromatic heterocycles. The third kappa shape index (κ3) is 2.57. The summed E-state index contributed by atoms with van der Waals surface area (Å²) in [6, 6.07) is 10.7. The van der Waals surface area contributed by atoms with E-state index in [2.05, 4.69) is 63.0 Å². The second-order valence-corrected chi connectivity index (χ2v) is 12.5. The van der Waals surface area contributed by atoms with Crippen LogP contribution >= 0.6 is 0 Å². The van der Waals surface area contributed by atoms with Crippen molar-refractivity contribution in [1.29, 1.82) is 0 Å². The van der Waals surface area contributed by atoms with Crippen LogP contribution in [0.25, 0.3) is 0 Å². The van der Waals surface area contributed by atoms with E-state index in [0.717, 1.165) is 12.8 Å². The molecule has 0 saturated heterocycles. The molecule has 1 aromatic carbocycles.